The number of hydrogen-bond donors (Lipinski definition) is 0. The Morgan fingerprint density at radius 1 is 1.33 bits per heavy atom. The predicted octanol–water partition coefficient (Wildman–Crippen LogP) is 1.81. The maximum Gasteiger partial charge on any atom is 0.148 e. The van der Waals surface area contributed by atoms with Crippen LogP contribution in [-0.4, -0.2) is 30.3 Å². The molecule has 0 unspecified atom stereocenters. The minimum atomic E-state index is 0.389. The maximum absolute atomic E-state index is 11.1. The zero-order valence-electron chi connectivity index (χ0n) is 9.20. The number of carbonyl (C=O) groups excluding carboxylic acids is 1. The van der Waals surface area contributed by atoms with Gasteiger partial charge >= 0.3 is 0 Å². The van der Waals surface area contributed by atoms with Crippen molar-refractivity contribution < 1.29 is 4.79 Å². The van der Waals surface area contributed by atoms with E-state index in [2.05, 4.69) is 36.1 Å². The van der Waals surface area contributed by atoms with Gasteiger partial charge in [-0.1, -0.05) is 24.3 Å². The molecule has 1 aromatic rings. The van der Waals surface area contributed by atoms with Crippen molar-refractivity contribution in [1.82, 2.24) is 4.90 Å². The third kappa shape index (κ3) is 2.66. The molecule has 2 heteroatoms. The fraction of sp³-hybridized carbons (Fsp3) is 0.462. The van der Waals surface area contributed by atoms with E-state index in [0.717, 1.165) is 25.9 Å². The quantitative estimate of drug-likeness (QED) is 0.746. The Morgan fingerprint density at radius 2 is 2.13 bits per heavy atom. The molecular formula is C13H17NO. The molecule has 2 nitrogen and oxygen atoms in total. The molecule has 0 saturated carbocycles. The number of nitrogens with zero attached hydrogens (tertiary/aromatic N) is 1. The molecule has 0 atom stereocenters. The van der Waals surface area contributed by atoms with E-state index in [-0.39, 0.29) is 0 Å². The van der Waals surface area contributed by atoms with E-state index in [0.29, 0.717) is 12.3 Å². The van der Waals surface area contributed by atoms with Crippen LogP contribution in [0, 0.1) is 6.92 Å². The van der Waals surface area contributed by atoms with Crippen molar-refractivity contribution in [3.05, 3.63) is 35.4 Å². The zero-order chi connectivity index (χ0) is 10.7. The Labute approximate surface area is 90.9 Å². The van der Waals surface area contributed by atoms with Crippen molar-refractivity contribution in [3.8, 4) is 0 Å². The minimum Gasteiger partial charge on any atom is -0.298 e. The summed E-state index contributed by atoms with van der Waals surface area (Å²) < 4.78 is 0. The van der Waals surface area contributed by atoms with Crippen LogP contribution in [0.15, 0.2) is 24.3 Å². The highest BCUT2D eigenvalue weighted by Crippen LogP contribution is 2.10. The summed E-state index contributed by atoms with van der Waals surface area (Å²) >= 11 is 0. The average Bonchev–Trinajstić information content (AvgIpc) is 2.63. The molecule has 80 valence electrons. The summed E-state index contributed by atoms with van der Waals surface area (Å²) in [6.45, 7) is 4.76. The summed E-state index contributed by atoms with van der Waals surface area (Å²) in [5.41, 5.74) is 2.75. The molecule has 1 aliphatic heterocycles. The molecule has 0 radical (unpaired) electrons. The first kappa shape index (κ1) is 10.4. The molecule has 1 heterocycles. The first-order valence-corrected chi connectivity index (χ1v) is 5.54. The number of carbonyl (C=O) groups is 1. The molecule has 1 saturated heterocycles. The molecule has 0 spiro atoms. The average molecular weight is 203 g/mol. The summed E-state index contributed by atoms with van der Waals surface area (Å²) in [4.78, 5) is 13.3. The second-order valence-corrected chi connectivity index (χ2v) is 4.24. The van der Waals surface area contributed by atoms with Crippen LogP contribution in [0.5, 0.6) is 0 Å². The number of rotatable bonds is 3. The predicted molar refractivity (Wildman–Crippen MR) is 60.9 cm³/mol. The van der Waals surface area contributed by atoms with Gasteiger partial charge in [0.2, 0.25) is 0 Å². The highest BCUT2D eigenvalue weighted by Gasteiger charge is 2.18. The van der Waals surface area contributed by atoms with Gasteiger partial charge in [-0.2, -0.15) is 0 Å². The van der Waals surface area contributed by atoms with Gasteiger partial charge in [0.05, 0.1) is 6.54 Å². The number of Topliss-reactive ketones (excluding diaryl/α,β-unsaturated/α-hetero) is 1. The Kier molecular flexibility index (Phi) is 3.17. The van der Waals surface area contributed by atoms with E-state index in [1.165, 1.54) is 11.1 Å². The van der Waals surface area contributed by atoms with Crippen LogP contribution >= 0.6 is 0 Å². The first-order chi connectivity index (χ1) is 7.25. The van der Waals surface area contributed by atoms with Crippen molar-refractivity contribution in [2.45, 2.75) is 19.8 Å². The minimum absolute atomic E-state index is 0.389. The van der Waals surface area contributed by atoms with E-state index >= 15 is 0 Å². The van der Waals surface area contributed by atoms with Crippen LogP contribution < -0.4 is 0 Å². The lowest BCUT2D eigenvalue weighted by Crippen LogP contribution is -2.23. The monoisotopic (exact) mass is 203 g/mol. The van der Waals surface area contributed by atoms with Crippen LogP contribution in [0.25, 0.3) is 0 Å². The van der Waals surface area contributed by atoms with Crippen LogP contribution in [-0.2, 0) is 11.2 Å². The van der Waals surface area contributed by atoms with E-state index < -0.39 is 0 Å². The fourth-order valence-corrected chi connectivity index (χ4v) is 2.05. The SMILES string of the molecule is Cc1ccccc1CCN1CCC(=O)C1. The summed E-state index contributed by atoms with van der Waals surface area (Å²) in [6.07, 6.45) is 1.80. The van der Waals surface area contributed by atoms with Crippen LogP contribution in [0.3, 0.4) is 0 Å². The lowest BCUT2D eigenvalue weighted by Gasteiger charge is -2.14. The highest BCUT2D eigenvalue weighted by molar-refractivity contribution is 5.82. The molecule has 0 bridgehead atoms. The second kappa shape index (κ2) is 4.58. The maximum atomic E-state index is 11.1. The lowest BCUT2D eigenvalue weighted by atomic mass is 10.1. The fourth-order valence-electron chi connectivity index (χ4n) is 2.05. The standard InChI is InChI=1S/C13H17NO/c1-11-4-2-3-5-12(11)6-8-14-9-7-13(15)10-14/h2-5H,6-10H2,1H3. The van der Waals surface area contributed by atoms with Gasteiger partial charge in [0.15, 0.2) is 0 Å². The Morgan fingerprint density at radius 3 is 2.80 bits per heavy atom. The normalized spacial score (nSPS) is 17.3. The third-order valence-electron chi connectivity index (χ3n) is 3.07. The van der Waals surface area contributed by atoms with Crippen molar-refractivity contribution in [2.24, 2.45) is 0 Å². The molecular weight excluding hydrogens is 186 g/mol. The molecule has 0 N–H and O–H groups in total. The van der Waals surface area contributed by atoms with Crippen molar-refractivity contribution in [1.29, 1.82) is 0 Å². The van der Waals surface area contributed by atoms with E-state index in [4.69, 9.17) is 0 Å². The van der Waals surface area contributed by atoms with E-state index in [1.807, 2.05) is 0 Å². The third-order valence-corrected chi connectivity index (χ3v) is 3.07. The van der Waals surface area contributed by atoms with Crippen LogP contribution in [0.2, 0.25) is 0 Å². The van der Waals surface area contributed by atoms with E-state index in [1.54, 1.807) is 0 Å². The summed E-state index contributed by atoms with van der Waals surface area (Å²) in [5.74, 6) is 0.389. The lowest BCUT2D eigenvalue weighted by molar-refractivity contribution is -0.116. The zero-order valence-corrected chi connectivity index (χ0v) is 9.20. The largest absolute Gasteiger partial charge is 0.298 e. The van der Waals surface area contributed by atoms with Crippen molar-refractivity contribution in [3.63, 3.8) is 0 Å². The molecule has 1 aliphatic rings. The van der Waals surface area contributed by atoms with Gasteiger partial charge in [-0.15, -0.1) is 0 Å². The second-order valence-electron chi connectivity index (χ2n) is 4.24. The number of hydrogen-bond acceptors (Lipinski definition) is 2. The summed E-state index contributed by atoms with van der Waals surface area (Å²) in [5, 5.41) is 0. The summed E-state index contributed by atoms with van der Waals surface area (Å²) in [6, 6.07) is 8.47. The Bertz CT molecular complexity index is 359. The van der Waals surface area contributed by atoms with Gasteiger partial charge in [0.1, 0.15) is 5.78 Å². The number of likely N-dealkylation sites (tertiary alicyclic amines) is 1. The van der Waals surface area contributed by atoms with Gasteiger partial charge in [0.25, 0.3) is 0 Å². The smallest absolute Gasteiger partial charge is 0.148 e. The van der Waals surface area contributed by atoms with E-state index in [9.17, 15) is 4.79 Å². The van der Waals surface area contributed by atoms with Gasteiger partial charge < -0.3 is 0 Å². The Hall–Kier alpha value is -1.15. The highest BCUT2D eigenvalue weighted by atomic mass is 16.1. The topological polar surface area (TPSA) is 20.3 Å². The van der Waals surface area contributed by atoms with Crippen LogP contribution in [0.1, 0.15) is 17.5 Å². The van der Waals surface area contributed by atoms with Gasteiger partial charge in [0, 0.05) is 19.5 Å². The van der Waals surface area contributed by atoms with Crippen LogP contribution in [0.4, 0.5) is 0 Å². The number of ketones is 1. The molecule has 0 aromatic heterocycles. The molecule has 0 aliphatic carbocycles. The first-order valence-electron chi connectivity index (χ1n) is 5.54. The Balaban J connectivity index is 1.88. The number of aryl methyl sites for hydroxylation is 1. The van der Waals surface area contributed by atoms with Gasteiger partial charge in [-0.25, -0.2) is 0 Å². The molecule has 15 heavy (non-hydrogen) atoms. The number of benzene rings is 1. The molecule has 2 rings (SSSR count). The van der Waals surface area contributed by atoms with Crippen molar-refractivity contribution in [2.75, 3.05) is 19.6 Å². The molecule has 1 aromatic carbocycles. The van der Waals surface area contributed by atoms with Crippen molar-refractivity contribution >= 4 is 5.78 Å². The summed E-state index contributed by atoms with van der Waals surface area (Å²) in [7, 11) is 0. The van der Waals surface area contributed by atoms with Gasteiger partial charge in [-0.3, -0.25) is 9.69 Å². The van der Waals surface area contributed by atoms with Gasteiger partial charge in [-0.05, 0) is 24.5 Å². The molecule has 1 fully saturated rings. The molecule has 0 amide bonds.